The maximum Gasteiger partial charge on any atom is 0.339 e. The third-order valence-corrected chi connectivity index (χ3v) is 3.65. The van der Waals surface area contributed by atoms with Gasteiger partial charge in [-0.05, 0) is 17.5 Å². The molecular formula is C17H11N3O2. The Morgan fingerprint density at radius 3 is 2.64 bits per heavy atom. The molecule has 0 unspecified atom stereocenters. The number of carbonyl (C=O) groups is 1. The number of hydrogen-bond donors (Lipinski definition) is 0. The van der Waals surface area contributed by atoms with E-state index in [1.54, 1.807) is 16.7 Å². The fraction of sp³-hybridized carbons (Fsp3) is 0.118. The lowest BCUT2D eigenvalue weighted by Gasteiger charge is -2.07. The summed E-state index contributed by atoms with van der Waals surface area (Å²) in [6, 6.07) is 15.1. The van der Waals surface area contributed by atoms with Crippen molar-refractivity contribution in [3.05, 3.63) is 53.9 Å². The van der Waals surface area contributed by atoms with Crippen LogP contribution in [0.3, 0.4) is 0 Å². The van der Waals surface area contributed by atoms with Crippen molar-refractivity contribution in [1.29, 1.82) is 10.5 Å². The predicted molar refractivity (Wildman–Crippen MR) is 80.2 cm³/mol. The first-order valence-electron chi connectivity index (χ1n) is 6.61. The quantitative estimate of drug-likeness (QED) is 0.679. The van der Waals surface area contributed by atoms with E-state index in [0.717, 1.165) is 16.3 Å². The molecule has 0 N–H and O–H groups in total. The largest absolute Gasteiger partial charge is 0.465 e. The molecule has 2 heterocycles. The van der Waals surface area contributed by atoms with Crippen molar-refractivity contribution >= 4 is 22.3 Å². The number of ether oxygens (including phenoxy) is 1. The molecule has 106 valence electrons. The molecule has 5 nitrogen and oxygen atoms in total. The second-order valence-electron chi connectivity index (χ2n) is 4.78. The number of nitrogens with zero attached hydrogens (tertiary/aromatic N) is 3. The Balaban J connectivity index is 2.45. The van der Waals surface area contributed by atoms with Crippen molar-refractivity contribution in [2.45, 2.75) is 5.92 Å². The third kappa shape index (κ3) is 1.88. The van der Waals surface area contributed by atoms with Crippen LogP contribution in [-0.4, -0.2) is 17.5 Å². The second kappa shape index (κ2) is 5.23. The summed E-state index contributed by atoms with van der Waals surface area (Å²) in [7, 11) is 1.28. The zero-order valence-electron chi connectivity index (χ0n) is 11.8. The summed E-state index contributed by atoms with van der Waals surface area (Å²) < 4.78 is 6.50. The molecule has 0 atom stereocenters. The van der Waals surface area contributed by atoms with Gasteiger partial charge in [-0.3, -0.25) is 0 Å². The maximum absolute atomic E-state index is 12.0. The predicted octanol–water partition coefficient (Wildman–Crippen LogP) is 3.01. The van der Waals surface area contributed by atoms with E-state index in [4.69, 9.17) is 4.74 Å². The molecule has 1 aromatic carbocycles. The minimum Gasteiger partial charge on any atom is -0.465 e. The fourth-order valence-electron chi connectivity index (χ4n) is 2.66. The van der Waals surface area contributed by atoms with Crippen LogP contribution in [0.1, 0.15) is 22.0 Å². The van der Waals surface area contributed by atoms with Crippen LogP contribution < -0.4 is 0 Å². The first kappa shape index (κ1) is 13.7. The number of fused-ring (bicyclic) bond motifs is 3. The number of benzene rings is 1. The molecular weight excluding hydrogens is 278 g/mol. The highest BCUT2D eigenvalue weighted by Gasteiger charge is 2.25. The smallest absolute Gasteiger partial charge is 0.339 e. The van der Waals surface area contributed by atoms with Crippen molar-refractivity contribution in [2.75, 3.05) is 7.11 Å². The van der Waals surface area contributed by atoms with Gasteiger partial charge in [0.1, 0.15) is 0 Å². The van der Waals surface area contributed by atoms with Gasteiger partial charge in [0.15, 0.2) is 5.92 Å². The van der Waals surface area contributed by atoms with E-state index in [1.807, 2.05) is 42.5 Å². The molecule has 3 rings (SSSR count). The molecule has 0 spiro atoms. The lowest BCUT2D eigenvalue weighted by molar-refractivity contribution is 0.0599. The summed E-state index contributed by atoms with van der Waals surface area (Å²) in [5, 5.41) is 20.4. The summed E-state index contributed by atoms with van der Waals surface area (Å²) >= 11 is 0. The monoisotopic (exact) mass is 289 g/mol. The number of methoxy groups -OCH3 is 1. The Labute approximate surface area is 126 Å². The topological polar surface area (TPSA) is 78.3 Å². The minimum atomic E-state index is -1.04. The molecule has 22 heavy (non-hydrogen) atoms. The number of pyridine rings is 1. The van der Waals surface area contributed by atoms with Crippen LogP contribution in [-0.2, 0) is 4.74 Å². The molecule has 0 saturated heterocycles. The fourth-order valence-corrected chi connectivity index (χ4v) is 2.66. The van der Waals surface area contributed by atoms with Crippen LogP contribution in [0.15, 0.2) is 42.6 Å². The summed E-state index contributed by atoms with van der Waals surface area (Å²) in [6.45, 7) is 0. The van der Waals surface area contributed by atoms with E-state index < -0.39 is 11.9 Å². The number of hydrogen-bond acceptors (Lipinski definition) is 4. The molecule has 2 aromatic heterocycles. The Bertz CT molecular complexity index is 959. The number of rotatable bonds is 2. The zero-order valence-corrected chi connectivity index (χ0v) is 11.8. The molecule has 0 saturated carbocycles. The highest BCUT2D eigenvalue weighted by atomic mass is 16.5. The molecule has 5 heteroatoms. The van der Waals surface area contributed by atoms with Gasteiger partial charge in [0, 0.05) is 11.6 Å². The van der Waals surface area contributed by atoms with Gasteiger partial charge in [0.2, 0.25) is 0 Å². The van der Waals surface area contributed by atoms with Gasteiger partial charge < -0.3 is 9.14 Å². The third-order valence-electron chi connectivity index (χ3n) is 3.65. The Hall–Kier alpha value is -3.31. The number of carbonyl (C=O) groups excluding carboxylic acids is 1. The van der Waals surface area contributed by atoms with Gasteiger partial charge in [-0.2, -0.15) is 10.5 Å². The molecule has 3 aromatic rings. The maximum atomic E-state index is 12.0. The first-order chi connectivity index (χ1) is 10.7. The number of nitriles is 2. The van der Waals surface area contributed by atoms with E-state index in [1.165, 1.54) is 7.11 Å². The van der Waals surface area contributed by atoms with E-state index >= 15 is 0 Å². The highest BCUT2D eigenvalue weighted by molar-refractivity contribution is 6.01. The normalized spacial score (nSPS) is 10.5. The van der Waals surface area contributed by atoms with Crippen molar-refractivity contribution < 1.29 is 9.53 Å². The Kier molecular flexibility index (Phi) is 3.25. The molecule has 0 aliphatic carbocycles. The Morgan fingerprint density at radius 1 is 1.23 bits per heavy atom. The van der Waals surface area contributed by atoms with Crippen LogP contribution in [0.4, 0.5) is 0 Å². The van der Waals surface area contributed by atoms with Crippen LogP contribution >= 0.6 is 0 Å². The molecule has 0 radical (unpaired) electrons. The zero-order chi connectivity index (χ0) is 15.7. The van der Waals surface area contributed by atoms with Crippen LogP contribution in [0.25, 0.3) is 16.3 Å². The van der Waals surface area contributed by atoms with Crippen molar-refractivity contribution in [3.8, 4) is 12.1 Å². The van der Waals surface area contributed by atoms with Crippen LogP contribution in [0.5, 0.6) is 0 Å². The average Bonchev–Trinajstić information content (AvgIpc) is 2.95. The van der Waals surface area contributed by atoms with Crippen molar-refractivity contribution in [2.24, 2.45) is 0 Å². The van der Waals surface area contributed by atoms with Gasteiger partial charge in [0.25, 0.3) is 0 Å². The van der Waals surface area contributed by atoms with Crippen LogP contribution in [0, 0.1) is 22.7 Å². The second-order valence-corrected chi connectivity index (χ2v) is 4.78. The van der Waals surface area contributed by atoms with Gasteiger partial charge in [-0.25, -0.2) is 4.79 Å². The van der Waals surface area contributed by atoms with E-state index in [9.17, 15) is 15.3 Å². The number of esters is 1. The molecule has 0 aliphatic rings. The molecule has 0 bridgehead atoms. The molecule has 0 amide bonds. The highest BCUT2D eigenvalue weighted by Crippen LogP contribution is 2.29. The molecule has 0 fully saturated rings. The van der Waals surface area contributed by atoms with Gasteiger partial charge in [-0.15, -0.1) is 0 Å². The number of aromatic nitrogens is 1. The van der Waals surface area contributed by atoms with E-state index in [-0.39, 0.29) is 5.56 Å². The Morgan fingerprint density at radius 2 is 1.95 bits per heavy atom. The average molecular weight is 289 g/mol. The first-order valence-corrected chi connectivity index (χ1v) is 6.61. The van der Waals surface area contributed by atoms with E-state index in [0.29, 0.717) is 5.69 Å². The standard InChI is InChI=1S/C17H11N3O2/c1-22-17(21)14-8-15-13-5-3-2-4-11(13)6-7-20(15)16(14)12(9-18)10-19/h2-8,12H,1H3. The van der Waals surface area contributed by atoms with Gasteiger partial charge >= 0.3 is 5.97 Å². The minimum absolute atomic E-state index is 0.243. The van der Waals surface area contributed by atoms with Crippen molar-refractivity contribution in [1.82, 2.24) is 4.40 Å². The van der Waals surface area contributed by atoms with E-state index in [2.05, 4.69) is 0 Å². The summed E-state index contributed by atoms with van der Waals surface area (Å²) in [5.74, 6) is -1.60. The lowest BCUT2D eigenvalue weighted by atomic mass is 10.1. The SMILES string of the molecule is COC(=O)c1cc2c3ccccc3ccn2c1C(C#N)C#N. The summed E-state index contributed by atoms with van der Waals surface area (Å²) in [6.07, 6.45) is 1.76. The summed E-state index contributed by atoms with van der Waals surface area (Å²) in [4.78, 5) is 12.0. The summed E-state index contributed by atoms with van der Waals surface area (Å²) in [5.41, 5.74) is 1.36. The molecule has 0 aliphatic heterocycles. The van der Waals surface area contributed by atoms with Crippen molar-refractivity contribution in [3.63, 3.8) is 0 Å². The van der Waals surface area contributed by atoms with Gasteiger partial charge in [0.05, 0.1) is 36.0 Å². The van der Waals surface area contributed by atoms with Crippen LogP contribution in [0.2, 0.25) is 0 Å². The van der Waals surface area contributed by atoms with Gasteiger partial charge in [-0.1, -0.05) is 24.3 Å². The lowest BCUT2D eigenvalue weighted by Crippen LogP contribution is -2.08.